The van der Waals surface area contributed by atoms with Crippen molar-refractivity contribution < 1.29 is 0 Å². The van der Waals surface area contributed by atoms with Gasteiger partial charge in [0.1, 0.15) is 0 Å². The van der Waals surface area contributed by atoms with E-state index < -0.39 is 0 Å². The van der Waals surface area contributed by atoms with Gasteiger partial charge in [0, 0.05) is 11.1 Å². The summed E-state index contributed by atoms with van der Waals surface area (Å²) < 4.78 is 0. The van der Waals surface area contributed by atoms with Gasteiger partial charge in [-0.2, -0.15) is 0 Å². The van der Waals surface area contributed by atoms with Crippen molar-refractivity contribution in [3.05, 3.63) is 83.9 Å². The Morgan fingerprint density at radius 2 is 0.750 bits per heavy atom. The third-order valence-corrected chi connectivity index (χ3v) is 5.77. The second-order valence-corrected chi connectivity index (χ2v) is 8.09. The number of fused-ring (bicyclic) bond motifs is 4. The first-order chi connectivity index (χ1) is 13.7. The first-order valence-corrected chi connectivity index (χ1v) is 11.4. The van der Waals surface area contributed by atoms with Gasteiger partial charge in [-0.15, -0.1) is 11.1 Å². The molecule has 130 valence electrons. The van der Waals surface area contributed by atoms with E-state index in [4.69, 9.17) is 0 Å². The average molecular weight is 387 g/mol. The lowest BCUT2D eigenvalue weighted by atomic mass is 9.95. The van der Waals surface area contributed by atoms with Crippen LogP contribution in [0.4, 0.5) is 0 Å². The zero-order chi connectivity index (χ0) is 19.1. The van der Waals surface area contributed by atoms with Crippen molar-refractivity contribution in [2.45, 2.75) is 0 Å². The minimum absolute atomic E-state index is 0.876. The number of hydrogen-bond donors (Lipinski definition) is 0. The van der Waals surface area contributed by atoms with Crippen molar-refractivity contribution in [3.8, 4) is 22.9 Å². The maximum absolute atomic E-state index is 3.28. The van der Waals surface area contributed by atoms with Gasteiger partial charge in [-0.1, -0.05) is 36.1 Å². The molecule has 0 aliphatic heterocycles. The lowest BCUT2D eigenvalue weighted by Crippen LogP contribution is -1.87. The molecule has 5 aromatic rings. The molecule has 28 heavy (non-hydrogen) atoms. The van der Waals surface area contributed by atoms with Gasteiger partial charge in [0.25, 0.3) is 0 Å². The molecule has 0 atom stereocenters. The standard InChI is InChI=1S/C26H18Si2/c27-7-5-19-11-23-15-25-13-21-9-17-3-1-2-4-18(17)10-22(21)14-26(25)16-24(23)12-20(19)6-8-28/h1-4,9-16H,27-28H3. The third kappa shape index (κ3) is 2.81. The summed E-state index contributed by atoms with van der Waals surface area (Å²) in [4.78, 5) is 0. The molecule has 0 fully saturated rings. The van der Waals surface area contributed by atoms with E-state index in [0.29, 0.717) is 0 Å². The van der Waals surface area contributed by atoms with E-state index >= 15 is 0 Å². The Bertz CT molecular complexity index is 1420. The fourth-order valence-corrected chi connectivity index (χ4v) is 4.51. The van der Waals surface area contributed by atoms with E-state index in [1.165, 1.54) is 43.1 Å². The normalized spacial score (nSPS) is 10.9. The summed E-state index contributed by atoms with van der Waals surface area (Å²) in [6.07, 6.45) is 0. The molecule has 0 unspecified atom stereocenters. The van der Waals surface area contributed by atoms with Crippen LogP contribution >= 0.6 is 0 Å². The van der Waals surface area contributed by atoms with Crippen LogP contribution in [-0.4, -0.2) is 20.5 Å². The minimum atomic E-state index is 0.876. The zero-order valence-corrected chi connectivity index (χ0v) is 19.9. The fourth-order valence-electron chi connectivity index (χ4n) is 3.97. The molecule has 0 aliphatic carbocycles. The lowest BCUT2D eigenvalue weighted by Gasteiger charge is -2.08. The maximum Gasteiger partial charge on any atom is 0.0911 e. The Kier molecular flexibility index (Phi) is 4.03. The zero-order valence-electron chi connectivity index (χ0n) is 15.9. The first-order valence-electron chi connectivity index (χ1n) is 9.45. The molecule has 0 bridgehead atoms. The quantitative estimate of drug-likeness (QED) is 0.216. The summed E-state index contributed by atoms with van der Waals surface area (Å²) in [5.41, 5.74) is 8.42. The van der Waals surface area contributed by atoms with Crippen LogP contribution in [0, 0.1) is 22.9 Å². The van der Waals surface area contributed by atoms with Crippen molar-refractivity contribution >= 4 is 63.6 Å². The molecule has 0 amide bonds. The van der Waals surface area contributed by atoms with E-state index in [0.717, 1.165) is 31.6 Å². The molecule has 0 aliphatic rings. The van der Waals surface area contributed by atoms with Crippen LogP contribution in [0.2, 0.25) is 0 Å². The molecule has 5 rings (SSSR count). The van der Waals surface area contributed by atoms with E-state index in [1.807, 2.05) is 0 Å². The van der Waals surface area contributed by atoms with Crippen molar-refractivity contribution in [3.63, 3.8) is 0 Å². The summed E-state index contributed by atoms with van der Waals surface area (Å²) in [5, 5.41) is 10.1. The lowest BCUT2D eigenvalue weighted by molar-refractivity contribution is 1.65. The summed E-state index contributed by atoms with van der Waals surface area (Å²) in [7, 11) is 1.75. The van der Waals surface area contributed by atoms with Crippen LogP contribution in [0.3, 0.4) is 0 Å². The van der Waals surface area contributed by atoms with Crippen LogP contribution in [-0.2, 0) is 0 Å². The predicted molar refractivity (Wildman–Crippen MR) is 130 cm³/mol. The molecular formula is C26H18Si2. The molecule has 0 heterocycles. The second kappa shape index (κ2) is 6.69. The third-order valence-electron chi connectivity index (χ3n) is 5.27. The Labute approximate surface area is 170 Å². The van der Waals surface area contributed by atoms with Crippen molar-refractivity contribution in [2.24, 2.45) is 0 Å². The molecule has 0 saturated carbocycles. The van der Waals surface area contributed by atoms with Gasteiger partial charge in [0.05, 0.1) is 20.5 Å². The van der Waals surface area contributed by atoms with Crippen LogP contribution in [0.5, 0.6) is 0 Å². The molecular weight excluding hydrogens is 368 g/mol. The van der Waals surface area contributed by atoms with Crippen LogP contribution in [0.1, 0.15) is 11.1 Å². The van der Waals surface area contributed by atoms with Gasteiger partial charge < -0.3 is 0 Å². The van der Waals surface area contributed by atoms with Gasteiger partial charge in [0.15, 0.2) is 0 Å². The summed E-state index contributed by atoms with van der Waals surface area (Å²) in [6, 6.07) is 26.7. The van der Waals surface area contributed by atoms with Gasteiger partial charge in [-0.3, -0.25) is 0 Å². The highest BCUT2D eigenvalue weighted by Gasteiger charge is 2.06. The number of hydrogen-bond acceptors (Lipinski definition) is 0. The Balaban J connectivity index is 1.83. The average Bonchev–Trinajstić information content (AvgIpc) is 2.70. The highest BCUT2D eigenvalue weighted by Crippen LogP contribution is 2.31. The molecule has 0 saturated heterocycles. The van der Waals surface area contributed by atoms with Crippen LogP contribution < -0.4 is 0 Å². The molecule has 0 aromatic heterocycles. The Morgan fingerprint density at radius 1 is 0.429 bits per heavy atom. The highest BCUT2D eigenvalue weighted by atomic mass is 28.1. The first kappa shape index (κ1) is 16.8. The van der Waals surface area contributed by atoms with Crippen molar-refractivity contribution in [1.82, 2.24) is 0 Å². The van der Waals surface area contributed by atoms with Gasteiger partial charge in [-0.25, -0.2) is 0 Å². The van der Waals surface area contributed by atoms with E-state index in [1.54, 1.807) is 0 Å². The van der Waals surface area contributed by atoms with Gasteiger partial charge >= 0.3 is 0 Å². The molecule has 0 N–H and O–H groups in total. The minimum Gasteiger partial charge on any atom is -0.138 e. The summed E-state index contributed by atoms with van der Waals surface area (Å²) in [5.74, 6) is 6.55. The Morgan fingerprint density at radius 3 is 1.11 bits per heavy atom. The number of rotatable bonds is 0. The molecule has 5 aromatic carbocycles. The molecule has 0 radical (unpaired) electrons. The maximum atomic E-state index is 3.28. The summed E-state index contributed by atoms with van der Waals surface area (Å²) in [6.45, 7) is 0. The van der Waals surface area contributed by atoms with Crippen LogP contribution in [0.25, 0.3) is 43.1 Å². The summed E-state index contributed by atoms with van der Waals surface area (Å²) >= 11 is 0. The van der Waals surface area contributed by atoms with Gasteiger partial charge in [0.2, 0.25) is 0 Å². The topological polar surface area (TPSA) is 0 Å². The SMILES string of the molecule is [SiH3]C#Cc1cc2cc3cc4cc5ccccc5cc4cc3cc2cc1C#C[SiH3]. The van der Waals surface area contributed by atoms with Gasteiger partial charge in [-0.05, 0) is 91.6 Å². The molecule has 0 nitrogen and oxygen atoms in total. The van der Waals surface area contributed by atoms with E-state index in [2.05, 4.69) is 95.7 Å². The largest absolute Gasteiger partial charge is 0.138 e. The van der Waals surface area contributed by atoms with E-state index in [-0.39, 0.29) is 0 Å². The number of benzene rings is 5. The van der Waals surface area contributed by atoms with Crippen molar-refractivity contribution in [1.29, 1.82) is 0 Å². The van der Waals surface area contributed by atoms with Crippen molar-refractivity contribution in [2.75, 3.05) is 0 Å². The molecule has 2 heteroatoms. The Hall–Kier alpha value is -3.31. The second-order valence-electron chi connectivity index (χ2n) is 7.09. The monoisotopic (exact) mass is 386 g/mol. The highest BCUT2D eigenvalue weighted by molar-refractivity contribution is 6.23. The predicted octanol–water partition coefficient (Wildman–Crippen LogP) is 3.65. The van der Waals surface area contributed by atoms with E-state index in [9.17, 15) is 0 Å². The fraction of sp³-hybridized carbons (Fsp3) is 0. The smallest absolute Gasteiger partial charge is 0.0911 e. The van der Waals surface area contributed by atoms with Crippen LogP contribution in [0.15, 0.2) is 72.8 Å². The molecule has 0 spiro atoms.